The molecule has 0 aromatic rings. The van der Waals surface area contributed by atoms with Crippen LogP contribution in [0.5, 0.6) is 0 Å². The smallest absolute Gasteiger partial charge is 0.109 e. The van der Waals surface area contributed by atoms with Crippen molar-refractivity contribution in [2.45, 2.75) is 83.8 Å². The van der Waals surface area contributed by atoms with Crippen molar-refractivity contribution in [1.29, 1.82) is 5.26 Å². The van der Waals surface area contributed by atoms with Gasteiger partial charge >= 0.3 is 0 Å². The van der Waals surface area contributed by atoms with Crippen molar-refractivity contribution in [2.24, 2.45) is 11.8 Å². The highest BCUT2D eigenvalue weighted by Crippen LogP contribution is 2.39. The summed E-state index contributed by atoms with van der Waals surface area (Å²) in [5.41, 5.74) is -0.263. The van der Waals surface area contributed by atoms with Gasteiger partial charge in [-0.15, -0.1) is 0 Å². The molecule has 2 atom stereocenters. The molecule has 2 fully saturated rings. The van der Waals surface area contributed by atoms with Gasteiger partial charge in [-0.3, -0.25) is 5.32 Å². The summed E-state index contributed by atoms with van der Waals surface area (Å²) < 4.78 is 0. The van der Waals surface area contributed by atoms with Crippen LogP contribution in [0.4, 0.5) is 0 Å². The Balaban J connectivity index is 1.92. The van der Waals surface area contributed by atoms with Crippen molar-refractivity contribution in [1.82, 2.24) is 10.2 Å². The summed E-state index contributed by atoms with van der Waals surface area (Å²) in [6, 6.07) is 3.86. The number of nitrogens with zero attached hydrogens (tertiary/aromatic N) is 2. The van der Waals surface area contributed by atoms with Gasteiger partial charge in [0.05, 0.1) is 6.07 Å². The molecule has 3 heteroatoms. The van der Waals surface area contributed by atoms with Crippen LogP contribution in [0.2, 0.25) is 0 Å². The summed E-state index contributed by atoms with van der Waals surface area (Å²) in [5, 5.41) is 13.3. The van der Waals surface area contributed by atoms with Gasteiger partial charge in [0.25, 0.3) is 0 Å². The van der Waals surface area contributed by atoms with Crippen molar-refractivity contribution in [3.05, 3.63) is 0 Å². The van der Waals surface area contributed by atoms with Crippen LogP contribution in [0.15, 0.2) is 0 Å². The molecule has 0 aromatic heterocycles. The molecule has 2 aliphatic carbocycles. The molecular formula is C18H33N3. The average Bonchev–Trinajstić information content (AvgIpc) is 3.17. The first-order valence-corrected chi connectivity index (χ1v) is 8.90. The molecule has 1 N–H and O–H groups in total. The zero-order valence-electron chi connectivity index (χ0n) is 14.4. The molecule has 0 radical (unpaired) electrons. The maximum atomic E-state index is 9.74. The molecular weight excluding hydrogens is 258 g/mol. The lowest BCUT2D eigenvalue weighted by molar-refractivity contribution is 0.195. The van der Waals surface area contributed by atoms with E-state index in [0.29, 0.717) is 12.0 Å². The maximum absolute atomic E-state index is 9.74. The lowest BCUT2D eigenvalue weighted by Gasteiger charge is -2.34. The highest BCUT2D eigenvalue weighted by Gasteiger charge is 2.43. The monoisotopic (exact) mass is 291 g/mol. The largest absolute Gasteiger partial charge is 0.300 e. The fourth-order valence-corrected chi connectivity index (χ4v) is 4.01. The fraction of sp³-hybridized carbons (Fsp3) is 0.944. The highest BCUT2D eigenvalue weighted by molar-refractivity contribution is 5.14. The van der Waals surface area contributed by atoms with E-state index in [1.807, 2.05) is 0 Å². The summed E-state index contributed by atoms with van der Waals surface area (Å²) in [5.74, 6) is 1.27. The van der Waals surface area contributed by atoms with Gasteiger partial charge in [-0.05, 0) is 64.3 Å². The average molecular weight is 291 g/mol. The topological polar surface area (TPSA) is 39.1 Å². The van der Waals surface area contributed by atoms with E-state index in [0.717, 1.165) is 18.4 Å². The molecule has 120 valence electrons. The van der Waals surface area contributed by atoms with Crippen molar-refractivity contribution in [2.75, 3.05) is 13.1 Å². The molecule has 0 saturated heterocycles. The minimum atomic E-state index is -0.263. The first-order chi connectivity index (χ1) is 9.97. The van der Waals surface area contributed by atoms with Gasteiger partial charge in [0.2, 0.25) is 0 Å². The Hall–Kier alpha value is -0.590. The number of hydrogen-bond donors (Lipinski definition) is 1. The Kier molecular flexibility index (Phi) is 5.68. The molecule has 21 heavy (non-hydrogen) atoms. The Bertz CT molecular complexity index is 367. The molecule has 2 unspecified atom stereocenters. The van der Waals surface area contributed by atoms with Crippen LogP contribution in [0.25, 0.3) is 0 Å². The van der Waals surface area contributed by atoms with Gasteiger partial charge < -0.3 is 4.90 Å². The van der Waals surface area contributed by atoms with Crippen LogP contribution in [0, 0.1) is 23.2 Å². The molecule has 2 aliphatic rings. The van der Waals surface area contributed by atoms with E-state index in [4.69, 9.17) is 0 Å². The van der Waals surface area contributed by atoms with Crippen molar-refractivity contribution in [3.8, 4) is 6.07 Å². The predicted molar refractivity (Wildman–Crippen MR) is 88.0 cm³/mol. The van der Waals surface area contributed by atoms with E-state index < -0.39 is 0 Å². The first kappa shape index (κ1) is 16.8. The zero-order chi connectivity index (χ0) is 15.5. The van der Waals surface area contributed by atoms with E-state index in [9.17, 15) is 5.26 Å². The lowest BCUT2D eigenvalue weighted by Crippen LogP contribution is -2.51. The minimum Gasteiger partial charge on any atom is -0.300 e. The van der Waals surface area contributed by atoms with Gasteiger partial charge in [-0.25, -0.2) is 0 Å². The molecule has 0 aromatic carbocycles. The van der Waals surface area contributed by atoms with Crippen LogP contribution < -0.4 is 5.32 Å². The zero-order valence-corrected chi connectivity index (χ0v) is 14.4. The summed E-state index contributed by atoms with van der Waals surface area (Å²) in [6.45, 7) is 11.3. The van der Waals surface area contributed by atoms with Gasteiger partial charge in [0, 0.05) is 18.6 Å². The normalized spacial score (nSPS) is 29.5. The van der Waals surface area contributed by atoms with E-state index >= 15 is 0 Å². The predicted octanol–water partition coefficient (Wildman–Crippen LogP) is 3.56. The SMILES string of the molecule is CC(C)CN(CCC1CCCC1(C#N)NC(C)C)C1CC1. The van der Waals surface area contributed by atoms with E-state index in [1.165, 1.54) is 45.2 Å². The molecule has 0 spiro atoms. The second kappa shape index (κ2) is 7.11. The quantitative estimate of drug-likeness (QED) is 0.743. The summed E-state index contributed by atoms with van der Waals surface area (Å²) >= 11 is 0. The fourth-order valence-electron chi connectivity index (χ4n) is 4.01. The van der Waals surface area contributed by atoms with Crippen molar-refractivity contribution < 1.29 is 0 Å². The third kappa shape index (κ3) is 4.44. The third-order valence-corrected chi connectivity index (χ3v) is 4.99. The lowest BCUT2D eigenvalue weighted by atomic mass is 9.85. The molecule has 0 bridgehead atoms. The first-order valence-electron chi connectivity index (χ1n) is 8.90. The van der Waals surface area contributed by atoms with E-state index in [2.05, 4.69) is 44.0 Å². The third-order valence-electron chi connectivity index (χ3n) is 4.99. The summed E-state index contributed by atoms with van der Waals surface area (Å²) in [4.78, 5) is 2.68. The molecule has 0 aliphatic heterocycles. The number of rotatable bonds is 8. The molecule has 0 heterocycles. The summed E-state index contributed by atoms with van der Waals surface area (Å²) in [6.07, 6.45) is 7.38. The Morgan fingerprint density at radius 2 is 1.95 bits per heavy atom. The standard InChI is InChI=1S/C18H33N3/c1-14(2)12-21(17-7-8-17)11-9-16-6-5-10-18(16,13-19)20-15(3)4/h14-17,20H,5-12H2,1-4H3. The Morgan fingerprint density at radius 1 is 1.24 bits per heavy atom. The molecule has 0 amide bonds. The maximum Gasteiger partial charge on any atom is 0.109 e. The Morgan fingerprint density at radius 3 is 2.48 bits per heavy atom. The second-order valence-electron chi connectivity index (χ2n) is 7.88. The number of nitrogens with one attached hydrogen (secondary N) is 1. The van der Waals surface area contributed by atoms with Gasteiger partial charge in [-0.1, -0.05) is 20.3 Å². The highest BCUT2D eigenvalue weighted by atomic mass is 15.2. The van der Waals surface area contributed by atoms with E-state index in [1.54, 1.807) is 0 Å². The van der Waals surface area contributed by atoms with Crippen LogP contribution in [0.1, 0.15) is 66.2 Å². The van der Waals surface area contributed by atoms with Crippen molar-refractivity contribution >= 4 is 0 Å². The number of nitriles is 1. The van der Waals surface area contributed by atoms with Crippen LogP contribution in [-0.4, -0.2) is 35.6 Å². The van der Waals surface area contributed by atoms with Crippen LogP contribution in [-0.2, 0) is 0 Å². The summed E-state index contributed by atoms with van der Waals surface area (Å²) in [7, 11) is 0. The van der Waals surface area contributed by atoms with Gasteiger partial charge in [-0.2, -0.15) is 5.26 Å². The van der Waals surface area contributed by atoms with Crippen LogP contribution in [0.3, 0.4) is 0 Å². The van der Waals surface area contributed by atoms with Crippen LogP contribution >= 0.6 is 0 Å². The minimum absolute atomic E-state index is 0.263. The second-order valence-corrected chi connectivity index (χ2v) is 7.88. The number of hydrogen-bond acceptors (Lipinski definition) is 3. The molecule has 2 saturated carbocycles. The Labute approximate surface area is 131 Å². The molecule has 2 rings (SSSR count). The molecule has 3 nitrogen and oxygen atoms in total. The van der Waals surface area contributed by atoms with E-state index in [-0.39, 0.29) is 5.54 Å². The van der Waals surface area contributed by atoms with Crippen molar-refractivity contribution in [3.63, 3.8) is 0 Å². The van der Waals surface area contributed by atoms with Gasteiger partial charge in [0.15, 0.2) is 0 Å². The van der Waals surface area contributed by atoms with Gasteiger partial charge in [0.1, 0.15) is 5.54 Å².